The summed E-state index contributed by atoms with van der Waals surface area (Å²) in [7, 11) is 0. The Balaban J connectivity index is 4.29. The van der Waals surface area contributed by atoms with Crippen LogP contribution in [0.15, 0.2) is 5.16 Å². The molecule has 7 nitrogen and oxygen atoms in total. The second-order valence-corrected chi connectivity index (χ2v) is 1.40. The molecule has 0 aliphatic rings. The number of carbonyl (C=O) groups is 1. The Hall–Kier alpha value is -1.66. The average molecular weight is 162 g/mol. The van der Waals surface area contributed by atoms with Crippen molar-refractivity contribution in [2.45, 2.75) is 6.92 Å². The third kappa shape index (κ3) is 2.61. The van der Waals surface area contributed by atoms with E-state index in [4.69, 9.17) is 5.21 Å². The molecule has 11 heavy (non-hydrogen) atoms. The number of nitro groups is 1. The third-order valence-electron chi connectivity index (χ3n) is 0.726. The molecule has 0 aliphatic carbocycles. The van der Waals surface area contributed by atoms with Crippen molar-refractivity contribution in [2.24, 2.45) is 5.16 Å². The van der Waals surface area contributed by atoms with E-state index in [1.807, 2.05) is 0 Å². The zero-order valence-corrected chi connectivity index (χ0v) is 5.68. The van der Waals surface area contributed by atoms with E-state index in [0.717, 1.165) is 0 Å². The largest absolute Gasteiger partial charge is 0.494 e. The molecule has 0 aromatic rings. The first-order valence-electron chi connectivity index (χ1n) is 2.67. The summed E-state index contributed by atoms with van der Waals surface area (Å²) in [5, 5.41) is 19.9. The molecule has 0 aromatic heterocycles. The smallest absolute Gasteiger partial charge is 0.457 e. The molecule has 0 fully saturated rings. The molecule has 0 unspecified atom stereocenters. The molecule has 0 saturated carbocycles. The lowest BCUT2D eigenvalue weighted by atomic mass is 10.6. The Morgan fingerprint density at radius 2 is 2.36 bits per heavy atom. The van der Waals surface area contributed by atoms with Crippen LogP contribution in [0, 0.1) is 10.1 Å². The van der Waals surface area contributed by atoms with Crippen molar-refractivity contribution in [3.63, 3.8) is 0 Å². The Labute approximate surface area is 61.4 Å². The molecule has 0 amide bonds. The lowest BCUT2D eigenvalue weighted by Crippen LogP contribution is -2.25. The molecular formula is C4H6N2O5. The number of oxime groups is 1. The van der Waals surface area contributed by atoms with Crippen LogP contribution in [0.2, 0.25) is 0 Å². The van der Waals surface area contributed by atoms with E-state index < -0.39 is 16.7 Å². The second kappa shape index (κ2) is 4.20. The SMILES string of the molecule is CCOC(=O)/C(=N/O)[N+](=O)[O-]. The van der Waals surface area contributed by atoms with Gasteiger partial charge in [-0.15, -0.1) is 0 Å². The lowest BCUT2D eigenvalue weighted by Gasteiger charge is -1.95. The fraction of sp³-hybridized carbons (Fsp3) is 0.500. The summed E-state index contributed by atoms with van der Waals surface area (Å²) >= 11 is 0. The third-order valence-corrected chi connectivity index (χ3v) is 0.726. The maximum Gasteiger partial charge on any atom is 0.494 e. The van der Waals surface area contributed by atoms with Crippen LogP contribution in [0.5, 0.6) is 0 Å². The molecule has 1 N–H and O–H groups in total. The molecule has 0 saturated heterocycles. The fourth-order valence-electron chi connectivity index (χ4n) is 0.348. The van der Waals surface area contributed by atoms with Gasteiger partial charge in [-0.3, -0.25) is 0 Å². The summed E-state index contributed by atoms with van der Waals surface area (Å²) in [4.78, 5) is 19.2. The summed E-state index contributed by atoms with van der Waals surface area (Å²) < 4.78 is 4.18. The van der Waals surface area contributed by atoms with Gasteiger partial charge in [0.15, 0.2) is 5.16 Å². The number of ether oxygens (including phenoxy) is 1. The first-order chi connectivity index (χ1) is 5.13. The molecular weight excluding hydrogens is 156 g/mol. The zero-order valence-electron chi connectivity index (χ0n) is 5.68. The van der Waals surface area contributed by atoms with Gasteiger partial charge in [0.25, 0.3) is 0 Å². The van der Waals surface area contributed by atoms with E-state index in [9.17, 15) is 14.9 Å². The number of nitrogens with zero attached hydrogens (tertiary/aromatic N) is 2. The summed E-state index contributed by atoms with van der Waals surface area (Å²) in [6, 6.07) is 0. The topological polar surface area (TPSA) is 102 Å². The highest BCUT2D eigenvalue weighted by atomic mass is 16.6. The summed E-state index contributed by atoms with van der Waals surface area (Å²) in [6.07, 6.45) is 0. The summed E-state index contributed by atoms with van der Waals surface area (Å²) in [5.41, 5.74) is 0. The molecule has 0 rings (SSSR count). The van der Waals surface area contributed by atoms with Crippen LogP contribution in [0.3, 0.4) is 0 Å². The molecule has 0 heterocycles. The van der Waals surface area contributed by atoms with Crippen LogP contribution >= 0.6 is 0 Å². The molecule has 0 bridgehead atoms. The van der Waals surface area contributed by atoms with Crippen molar-refractivity contribution in [3.8, 4) is 0 Å². The predicted octanol–water partition coefficient (Wildman–Crippen LogP) is -0.386. The number of rotatable bonds is 1. The second-order valence-electron chi connectivity index (χ2n) is 1.40. The van der Waals surface area contributed by atoms with Crippen molar-refractivity contribution in [1.82, 2.24) is 0 Å². The van der Waals surface area contributed by atoms with Gasteiger partial charge < -0.3 is 20.1 Å². The number of carbonyl (C=O) groups excluding carboxylic acids is 1. The monoisotopic (exact) mass is 162 g/mol. The number of amidine groups is 1. The maximum absolute atomic E-state index is 10.5. The Bertz CT molecular complexity index is 199. The van der Waals surface area contributed by atoms with Crippen molar-refractivity contribution >= 4 is 11.8 Å². The van der Waals surface area contributed by atoms with Crippen molar-refractivity contribution < 1.29 is 19.7 Å². The molecule has 0 aliphatic heterocycles. The van der Waals surface area contributed by atoms with Crippen LogP contribution in [0.1, 0.15) is 6.92 Å². The molecule has 0 spiro atoms. The van der Waals surface area contributed by atoms with Crippen molar-refractivity contribution in [2.75, 3.05) is 6.61 Å². The standard InChI is InChI=1S/C4H6N2O5/c1-2-11-4(7)3(5-8)6(9)10/h8H,2H2,1H3/b5-3-. The van der Waals surface area contributed by atoms with Gasteiger partial charge in [0.1, 0.15) is 0 Å². The highest BCUT2D eigenvalue weighted by Crippen LogP contribution is 1.85. The number of hydrogen-bond acceptors (Lipinski definition) is 6. The minimum absolute atomic E-state index is 0.00824. The highest BCUT2D eigenvalue weighted by Gasteiger charge is 2.26. The molecule has 0 radical (unpaired) electrons. The van der Waals surface area contributed by atoms with Crippen LogP contribution in [-0.2, 0) is 9.53 Å². The summed E-state index contributed by atoms with van der Waals surface area (Å²) in [5.74, 6) is -2.47. The number of esters is 1. The highest BCUT2D eigenvalue weighted by molar-refractivity contribution is 6.31. The van der Waals surface area contributed by atoms with Gasteiger partial charge in [0.2, 0.25) is 0 Å². The van der Waals surface area contributed by atoms with Gasteiger partial charge in [-0.25, -0.2) is 4.79 Å². The lowest BCUT2D eigenvalue weighted by molar-refractivity contribution is -0.352. The number of hydrogen-bond donors (Lipinski definition) is 1. The average Bonchev–Trinajstić information content (AvgIpc) is 1.88. The molecule has 7 heteroatoms. The minimum atomic E-state index is -1.25. The Morgan fingerprint density at radius 3 is 2.64 bits per heavy atom. The van der Waals surface area contributed by atoms with Crippen molar-refractivity contribution in [3.05, 3.63) is 10.1 Å². The van der Waals surface area contributed by atoms with Crippen LogP contribution in [-0.4, -0.2) is 28.5 Å². The van der Waals surface area contributed by atoms with Crippen LogP contribution in [0.25, 0.3) is 0 Å². The van der Waals surface area contributed by atoms with Gasteiger partial charge in [0, 0.05) is 0 Å². The molecule has 0 aromatic carbocycles. The van der Waals surface area contributed by atoms with Gasteiger partial charge in [0.05, 0.1) is 6.61 Å². The van der Waals surface area contributed by atoms with Crippen LogP contribution in [0.4, 0.5) is 0 Å². The zero-order chi connectivity index (χ0) is 8.85. The van der Waals surface area contributed by atoms with Gasteiger partial charge in [-0.05, 0) is 11.8 Å². The summed E-state index contributed by atoms with van der Waals surface area (Å²) in [6.45, 7) is 1.47. The minimum Gasteiger partial charge on any atom is -0.457 e. The van der Waals surface area contributed by atoms with E-state index in [-0.39, 0.29) is 6.61 Å². The molecule has 62 valence electrons. The maximum atomic E-state index is 10.5. The molecule has 0 atom stereocenters. The fourth-order valence-corrected chi connectivity index (χ4v) is 0.348. The predicted molar refractivity (Wildman–Crippen MR) is 32.8 cm³/mol. The van der Waals surface area contributed by atoms with Gasteiger partial charge >= 0.3 is 11.8 Å². The first-order valence-corrected chi connectivity index (χ1v) is 2.67. The van der Waals surface area contributed by atoms with Gasteiger partial charge in [-0.2, -0.15) is 0 Å². The normalized spacial score (nSPS) is 10.8. The first kappa shape index (κ1) is 9.34. The van der Waals surface area contributed by atoms with E-state index in [0.29, 0.717) is 0 Å². The quantitative estimate of drug-likeness (QED) is 0.141. The van der Waals surface area contributed by atoms with Crippen molar-refractivity contribution in [1.29, 1.82) is 0 Å². The van der Waals surface area contributed by atoms with E-state index in [1.165, 1.54) is 6.92 Å². The van der Waals surface area contributed by atoms with E-state index in [2.05, 4.69) is 9.89 Å². The van der Waals surface area contributed by atoms with E-state index in [1.54, 1.807) is 0 Å². The van der Waals surface area contributed by atoms with Crippen LogP contribution < -0.4 is 0 Å². The van der Waals surface area contributed by atoms with Gasteiger partial charge in [-0.1, -0.05) is 0 Å². The Morgan fingerprint density at radius 1 is 1.82 bits per heavy atom. The Kier molecular flexibility index (Phi) is 3.57. The van der Waals surface area contributed by atoms with E-state index >= 15 is 0 Å².